The Labute approximate surface area is 136 Å². The number of carbonyl (C=O) groups excluding carboxylic acids is 1. The number of alkyl halides is 3. The van der Waals surface area contributed by atoms with E-state index in [0.717, 1.165) is 23.5 Å². The zero-order valence-electron chi connectivity index (χ0n) is 11.6. The molecule has 0 aliphatic carbocycles. The fourth-order valence-corrected chi connectivity index (χ4v) is 2.66. The molecule has 0 fully saturated rings. The van der Waals surface area contributed by atoms with Gasteiger partial charge in [-0.25, -0.2) is 9.97 Å². The van der Waals surface area contributed by atoms with E-state index >= 15 is 0 Å². The van der Waals surface area contributed by atoms with Crippen molar-refractivity contribution in [3.63, 3.8) is 0 Å². The molecule has 24 heavy (non-hydrogen) atoms. The van der Waals surface area contributed by atoms with Crippen LogP contribution in [0.5, 0.6) is 11.6 Å². The van der Waals surface area contributed by atoms with E-state index in [0.29, 0.717) is 0 Å². The molecule has 0 aliphatic rings. The first kappa shape index (κ1) is 16.0. The minimum absolute atomic E-state index is 0.197. The molecule has 2 heterocycles. The van der Waals surface area contributed by atoms with Gasteiger partial charge in [-0.2, -0.15) is 13.2 Å². The maximum Gasteiger partial charge on any atom is 0.418 e. The zero-order chi connectivity index (χ0) is 17.5. The zero-order valence-corrected chi connectivity index (χ0v) is 12.4. The molecule has 3 aromatic rings. The average molecular weight is 355 g/mol. The molecule has 0 saturated carbocycles. The van der Waals surface area contributed by atoms with E-state index in [1.54, 1.807) is 5.38 Å². The van der Waals surface area contributed by atoms with Crippen molar-refractivity contribution >= 4 is 33.3 Å². The molecule has 10 heteroatoms. The van der Waals surface area contributed by atoms with Crippen LogP contribution in [0.15, 0.2) is 29.8 Å². The van der Waals surface area contributed by atoms with E-state index in [4.69, 9.17) is 0 Å². The Balaban J connectivity index is 2.16. The molecule has 1 aromatic carbocycles. The second-order valence-corrected chi connectivity index (χ2v) is 5.54. The highest BCUT2D eigenvalue weighted by atomic mass is 32.1. The van der Waals surface area contributed by atoms with Crippen LogP contribution in [-0.2, 0) is 6.18 Å². The van der Waals surface area contributed by atoms with E-state index < -0.39 is 40.4 Å². The van der Waals surface area contributed by atoms with Gasteiger partial charge in [-0.1, -0.05) is 6.07 Å². The highest BCUT2D eigenvalue weighted by Crippen LogP contribution is 2.40. The molecule has 0 bridgehead atoms. The van der Waals surface area contributed by atoms with Gasteiger partial charge >= 0.3 is 6.18 Å². The monoisotopic (exact) mass is 355 g/mol. The minimum atomic E-state index is -4.73. The number of aromatic hydroxyl groups is 2. The Hall–Kier alpha value is -2.88. The van der Waals surface area contributed by atoms with Gasteiger partial charge in [0.1, 0.15) is 11.3 Å². The molecule has 0 unspecified atom stereocenters. The molecule has 3 N–H and O–H groups in total. The number of hydrogen-bond acceptors (Lipinski definition) is 6. The van der Waals surface area contributed by atoms with Crippen LogP contribution in [-0.4, -0.2) is 26.1 Å². The van der Waals surface area contributed by atoms with Crippen LogP contribution in [0.4, 0.5) is 18.3 Å². The Morgan fingerprint density at radius 2 is 2.00 bits per heavy atom. The van der Waals surface area contributed by atoms with Gasteiger partial charge in [-0.3, -0.25) is 10.1 Å². The summed E-state index contributed by atoms with van der Waals surface area (Å²) in [5, 5.41) is 23.8. The summed E-state index contributed by atoms with van der Waals surface area (Å²) in [5.41, 5.74) is -2.40. The van der Waals surface area contributed by atoms with Gasteiger partial charge in [0, 0.05) is 17.0 Å². The first-order valence-corrected chi connectivity index (χ1v) is 7.29. The predicted molar refractivity (Wildman–Crippen MR) is 80.1 cm³/mol. The number of anilines is 1. The Bertz CT molecular complexity index is 926. The summed E-state index contributed by atoms with van der Waals surface area (Å²) in [4.78, 5) is 19.4. The summed E-state index contributed by atoms with van der Waals surface area (Å²) >= 11 is 1.09. The van der Waals surface area contributed by atoms with Crippen LogP contribution in [0.1, 0.15) is 15.9 Å². The number of carbonyl (C=O) groups is 1. The van der Waals surface area contributed by atoms with Gasteiger partial charge in [-0.15, -0.1) is 11.3 Å². The third-order valence-electron chi connectivity index (χ3n) is 3.15. The van der Waals surface area contributed by atoms with Crippen molar-refractivity contribution in [2.24, 2.45) is 0 Å². The van der Waals surface area contributed by atoms with Crippen molar-refractivity contribution < 1.29 is 28.2 Å². The summed E-state index contributed by atoms with van der Waals surface area (Å²) in [6, 6.07) is 3.02. The van der Waals surface area contributed by atoms with E-state index in [-0.39, 0.29) is 10.5 Å². The molecular weight excluding hydrogens is 347 g/mol. The largest absolute Gasteiger partial charge is 0.506 e. The van der Waals surface area contributed by atoms with Crippen LogP contribution in [0, 0.1) is 0 Å². The lowest BCUT2D eigenvalue weighted by molar-refractivity contribution is -0.136. The topological polar surface area (TPSA) is 95.3 Å². The van der Waals surface area contributed by atoms with E-state index in [2.05, 4.69) is 15.3 Å². The number of fused-ring (bicyclic) bond motifs is 1. The molecule has 0 radical (unpaired) electrons. The molecule has 3 rings (SSSR count). The first-order chi connectivity index (χ1) is 11.3. The fraction of sp³-hybridized carbons (Fsp3) is 0.0714. The van der Waals surface area contributed by atoms with Crippen LogP contribution in [0.3, 0.4) is 0 Å². The van der Waals surface area contributed by atoms with Gasteiger partial charge in [0.25, 0.3) is 5.91 Å². The quantitative estimate of drug-likeness (QED) is 0.655. The van der Waals surface area contributed by atoms with Crippen molar-refractivity contribution in [1.29, 1.82) is 0 Å². The number of benzene rings is 1. The highest BCUT2D eigenvalue weighted by molar-refractivity contribution is 7.13. The van der Waals surface area contributed by atoms with Crippen LogP contribution in [0.2, 0.25) is 0 Å². The fourth-order valence-electron chi connectivity index (χ4n) is 2.14. The third kappa shape index (κ3) is 2.71. The number of pyridine rings is 1. The van der Waals surface area contributed by atoms with E-state index in [1.165, 1.54) is 12.3 Å². The van der Waals surface area contributed by atoms with Crippen molar-refractivity contribution in [1.82, 2.24) is 9.97 Å². The number of nitrogens with zero attached hydrogens (tertiary/aromatic N) is 2. The van der Waals surface area contributed by atoms with Crippen LogP contribution >= 0.6 is 11.3 Å². The molecule has 0 spiro atoms. The number of aromatic nitrogens is 2. The Morgan fingerprint density at radius 1 is 1.25 bits per heavy atom. The van der Waals surface area contributed by atoms with Crippen LogP contribution < -0.4 is 5.32 Å². The van der Waals surface area contributed by atoms with Gasteiger partial charge < -0.3 is 10.2 Å². The van der Waals surface area contributed by atoms with Crippen molar-refractivity contribution in [3.8, 4) is 11.6 Å². The summed E-state index contributed by atoms with van der Waals surface area (Å²) in [5.74, 6) is -2.74. The number of amides is 1. The van der Waals surface area contributed by atoms with Gasteiger partial charge in [0.15, 0.2) is 5.13 Å². The highest BCUT2D eigenvalue weighted by Gasteiger charge is 2.34. The molecule has 2 aromatic heterocycles. The molecule has 124 valence electrons. The maximum atomic E-state index is 13.0. The summed E-state index contributed by atoms with van der Waals surface area (Å²) in [6.07, 6.45) is -3.30. The normalized spacial score (nSPS) is 11.6. The maximum absolute atomic E-state index is 13.0. The number of para-hydroxylation sites is 1. The smallest absolute Gasteiger partial charge is 0.418 e. The number of hydrogen-bond donors (Lipinski definition) is 3. The minimum Gasteiger partial charge on any atom is -0.506 e. The Kier molecular flexibility index (Phi) is 3.76. The second kappa shape index (κ2) is 5.64. The summed E-state index contributed by atoms with van der Waals surface area (Å²) in [6.45, 7) is 0. The second-order valence-electron chi connectivity index (χ2n) is 4.65. The van der Waals surface area contributed by atoms with Crippen LogP contribution in [0.25, 0.3) is 10.9 Å². The summed E-state index contributed by atoms with van der Waals surface area (Å²) < 4.78 is 39.0. The third-order valence-corrected chi connectivity index (χ3v) is 3.84. The van der Waals surface area contributed by atoms with Crippen molar-refractivity contribution in [3.05, 3.63) is 40.9 Å². The number of thiazole rings is 1. The van der Waals surface area contributed by atoms with Gasteiger partial charge in [-0.05, 0) is 12.1 Å². The molecule has 6 nitrogen and oxygen atoms in total. The number of rotatable bonds is 2. The SMILES string of the molecule is O=C(Nc1nccs1)c1c(O)nc2c(C(F)(F)F)cccc2c1O. The predicted octanol–water partition coefficient (Wildman–Crippen LogP) is 3.37. The van der Waals surface area contributed by atoms with Gasteiger partial charge in [0.05, 0.1) is 11.1 Å². The molecular formula is C14H8F3N3O3S. The van der Waals surface area contributed by atoms with E-state index in [9.17, 15) is 28.2 Å². The van der Waals surface area contributed by atoms with E-state index in [1.807, 2.05) is 0 Å². The first-order valence-electron chi connectivity index (χ1n) is 6.41. The molecule has 0 saturated heterocycles. The Morgan fingerprint density at radius 3 is 2.62 bits per heavy atom. The summed E-state index contributed by atoms with van der Waals surface area (Å²) in [7, 11) is 0. The molecule has 0 aliphatic heterocycles. The van der Waals surface area contributed by atoms with Gasteiger partial charge in [0.2, 0.25) is 5.88 Å². The number of halogens is 3. The molecule has 0 atom stereocenters. The number of nitrogens with one attached hydrogen (secondary N) is 1. The standard InChI is InChI=1S/C14H8F3N3O3S/c15-14(16,17)7-3-1-2-6-9(7)19-11(22)8(10(6)21)12(23)20-13-18-4-5-24-13/h1-5H,(H,18,20,23)(H2,19,21,22). The van der Waals surface area contributed by atoms with Crippen molar-refractivity contribution in [2.75, 3.05) is 5.32 Å². The molecule has 1 amide bonds. The van der Waals surface area contributed by atoms with Crippen molar-refractivity contribution in [2.45, 2.75) is 6.18 Å². The lowest BCUT2D eigenvalue weighted by Gasteiger charge is -2.13. The average Bonchev–Trinajstić information content (AvgIpc) is 2.98. The lowest BCUT2D eigenvalue weighted by atomic mass is 10.1. The lowest BCUT2D eigenvalue weighted by Crippen LogP contribution is -2.14.